The van der Waals surface area contributed by atoms with E-state index in [1.165, 1.54) is 6.26 Å². The molecule has 0 bridgehead atoms. The van der Waals surface area contributed by atoms with E-state index in [2.05, 4.69) is 4.98 Å². The second-order valence-electron chi connectivity index (χ2n) is 3.53. The molecule has 1 unspecified atom stereocenters. The summed E-state index contributed by atoms with van der Waals surface area (Å²) in [5.74, 6) is -0.220. The maximum absolute atomic E-state index is 11.3. The normalized spacial score (nSPS) is 13.3. The largest absolute Gasteiger partial charge is 0.461 e. The van der Waals surface area contributed by atoms with E-state index in [1.807, 2.05) is 19.1 Å². The van der Waals surface area contributed by atoms with E-state index in [0.29, 0.717) is 5.89 Å². The van der Waals surface area contributed by atoms with Gasteiger partial charge in [-0.1, -0.05) is 24.3 Å². The number of carbonyl (C=O) groups excluding carboxylic acids is 1. The van der Waals surface area contributed by atoms with Gasteiger partial charge in [-0.2, -0.15) is 0 Å². The van der Waals surface area contributed by atoms with Crippen LogP contribution in [0.25, 0.3) is 0 Å². The van der Waals surface area contributed by atoms with Crippen molar-refractivity contribution in [3.8, 4) is 0 Å². The molecular weight excluding hydrogens is 234 g/mol. The summed E-state index contributed by atoms with van der Waals surface area (Å²) in [6.45, 7) is 3.89. The van der Waals surface area contributed by atoms with Crippen LogP contribution in [0.5, 0.6) is 0 Å². The molecule has 5 heteroatoms. The van der Waals surface area contributed by atoms with E-state index in [-0.39, 0.29) is 18.7 Å². The van der Waals surface area contributed by atoms with Crippen molar-refractivity contribution in [2.75, 3.05) is 6.61 Å². The van der Waals surface area contributed by atoms with Gasteiger partial charge in [-0.3, -0.25) is 0 Å². The van der Waals surface area contributed by atoms with Gasteiger partial charge in [0.2, 0.25) is 0 Å². The first kappa shape index (κ1) is 14.2. The predicted molar refractivity (Wildman–Crippen MR) is 66.1 cm³/mol. The number of rotatable bonds is 6. The molecule has 0 saturated heterocycles. The number of allylic oxidation sites excluding steroid dienone is 3. The summed E-state index contributed by atoms with van der Waals surface area (Å²) in [6.07, 6.45) is 7.77. The number of aliphatic hydroxyl groups excluding tert-OH is 1. The van der Waals surface area contributed by atoms with Crippen molar-refractivity contribution in [2.24, 2.45) is 0 Å². The van der Waals surface area contributed by atoms with E-state index < -0.39 is 12.1 Å². The molecule has 0 amide bonds. The number of carbonyl (C=O) groups is 1. The van der Waals surface area contributed by atoms with Gasteiger partial charge in [-0.25, -0.2) is 9.78 Å². The summed E-state index contributed by atoms with van der Waals surface area (Å²) < 4.78 is 9.86. The molecule has 1 aromatic heterocycles. The van der Waals surface area contributed by atoms with Gasteiger partial charge in [0, 0.05) is 0 Å². The third-order valence-electron chi connectivity index (χ3n) is 2.06. The number of nitrogens with zero attached hydrogens (tertiary/aromatic N) is 1. The van der Waals surface area contributed by atoms with Crippen LogP contribution in [0.3, 0.4) is 0 Å². The van der Waals surface area contributed by atoms with Gasteiger partial charge in [0.25, 0.3) is 0 Å². The third kappa shape index (κ3) is 4.55. The molecule has 18 heavy (non-hydrogen) atoms. The van der Waals surface area contributed by atoms with Crippen LogP contribution < -0.4 is 0 Å². The van der Waals surface area contributed by atoms with Crippen molar-refractivity contribution in [3.05, 3.63) is 42.2 Å². The Morgan fingerprint density at radius 2 is 2.39 bits per heavy atom. The van der Waals surface area contributed by atoms with Gasteiger partial charge in [0.15, 0.2) is 11.6 Å². The Labute approximate surface area is 106 Å². The molecular formula is C13H17NO4. The highest BCUT2D eigenvalue weighted by Crippen LogP contribution is 2.07. The fourth-order valence-electron chi connectivity index (χ4n) is 1.25. The molecule has 1 atom stereocenters. The molecule has 0 radical (unpaired) electrons. The van der Waals surface area contributed by atoms with Crippen molar-refractivity contribution >= 4 is 5.97 Å². The number of hydrogen-bond donors (Lipinski definition) is 1. The zero-order chi connectivity index (χ0) is 13.4. The van der Waals surface area contributed by atoms with Crippen molar-refractivity contribution in [1.29, 1.82) is 0 Å². The number of hydrogen-bond acceptors (Lipinski definition) is 5. The molecule has 0 aliphatic carbocycles. The molecule has 1 rings (SSSR count). The number of oxazole rings is 1. The monoisotopic (exact) mass is 251 g/mol. The van der Waals surface area contributed by atoms with E-state index in [1.54, 1.807) is 19.1 Å². The minimum absolute atomic E-state index is 0.122. The topological polar surface area (TPSA) is 72.6 Å². The second-order valence-corrected chi connectivity index (χ2v) is 3.53. The van der Waals surface area contributed by atoms with E-state index >= 15 is 0 Å². The van der Waals surface area contributed by atoms with Crippen LogP contribution in [-0.4, -0.2) is 28.8 Å². The highest BCUT2D eigenvalue weighted by Gasteiger charge is 2.14. The number of aliphatic hydroxyl groups is 1. The average molecular weight is 251 g/mol. The highest BCUT2D eigenvalue weighted by atomic mass is 16.5. The summed E-state index contributed by atoms with van der Waals surface area (Å²) in [6, 6.07) is 0. The van der Waals surface area contributed by atoms with Gasteiger partial charge in [0.05, 0.1) is 19.1 Å². The third-order valence-corrected chi connectivity index (χ3v) is 2.06. The van der Waals surface area contributed by atoms with Crippen LogP contribution in [-0.2, 0) is 11.2 Å². The van der Waals surface area contributed by atoms with Crippen molar-refractivity contribution in [2.45, 2.75) is 26.4 Å². The standard InChI is InChI=1S/C13H17NO4/c1-3-5-6-7-10(15)8-12-14-11(9-18-12)13(16)17-4-2/h3,5-7,9-10,15H,4,8H2,1-2H3/b5-3+,7-6+. The maximum Gasteiger partial charge on any atom is 0.360 e. The minimum atomic E-state index is -0.699. The first-order valence-electron chi connectivity index (χ1n) is 5.76. The fraction of sp³-hybridized carbons (Fsp3) is 0.385. The molecule has 98 valence electrons. The lowest BCUT2D eigenvalue weighted by Gasteiger charge is -2.00. The number of esters is 1. The summed E-state index contributed by atoms with van der Waals surface area (Å²) in [7, 11) is 0. The Morgan fingerprint density at radius 1 is 1.61 bits per heavy atom. The van der Waals surface area contributed by atoms with Crippen molar-refractivity contribution in [1.82, 2.24) is 4.98 Å². The zero-order valence-electron chi connectivity index (χ0n) is 10.5. The van der Waals surface area contributed by atoms with Gasteiger partial charge in [-0.15, -0.1) is 0 Å². The van der Waals surface area contributed by atoms with Gasteiger partial charge in [0.1, 0.15) is 6.26 Å². The SMILES string of the molecule is C/C=C/C=C/C(O)Cc1nc(C(=O)OCC)co1. The molecule has 1 aromatic rings. The lowest BCUT2D eigenvalue weighted by molar-refractivity contribution is 0.0519. The Bertz CT molecular complexity index is 434. The Morgan fingerprint density at radius 3 is 3.06 bits per heavy atom. The Kier molecular flexibility index (Phi) is 5.87. The second kappa shape index (κ2) is 7.45. The van der Waals surface area contributed by atoms with Crippen LogP contribution in [0.15, 0.2) is 35.0 Å². The lowest BCUT2D eigenvalue weighted by Crippen LogP contribution is -2.08. The van der Waals surface area contributed by atoms with Crippen molar-refractivity contribution in [3.63, 3.8) is 0 Å². The fourth-order valence-corrected chi connectivity index (χ4v) is 1.25. The Balaban J connectivity index is 2.55. The summed E-state index contributed by atoms with van der Waals surface area (Å²) in [5.41, 5.74) is 0.122. The van der Waals surface area contributed by atoms with Crippen molar-refractivity contribution < 1.29 is 19.1 Å². The first-order chi connectivity index (χ1) is 8.67. The molecule has 1 heterocycles. The summed E-state index contributed by atoms with van der Waals surface area (Å²) in [5, 5.41) is 9.64. The van der Waals surface area contributed by atoms with E-state index in [0.717, 1.165) is 0 Å². The molecule has 1 N–H and O–H groups in total. The number of aromatic nitrogens is 1. The molecule has 0 aliphatic rings. The zero-order valence-corrected chi connectivity index (χ0v) is 10.5. The van der Waals surface area contributed by atoms with Gasteiger partial charge < -0.3 is 14.3 Å². The lowest BCUT2D eigenvalue weighted by atomic mass is 10.2. The van der Waals surface area contributed by atoms with Crippen LogP contribution >= 0.6 is 0 Å². The van der Waals surface area contributed by atoms with Gasteiger partial charge >= 0.3 is 5.97 Å². The first-order valence-corrected chi connectivity index (χ1v) is 5.76. The maximum atomic E-state index is 11.3. The smallest absolute Gasteiger partial charge is 0.360 e. The molecule has 0 saturated carbocycles. The predicted octanol–water partition coefficient (Wildman–Crippen LogP) is 1.89. The molecule has 0 spiro atoms. The van der Waals surface area contributed by atoms with Crippen LogP contribution in [0.1, 0.15) is 30.2 Å². The average Bonchev–Trinajstić information content (AvgIpc) is 2.78. The van der Waals surface area contributed by atoms with Gasteiger partial charge in [-0.05, 0) is 13.8 Å². The minimum Gasteiger partial charge on any atom is -0.461 e. The quantitative estimate of drug-likeness (QED) is 0.617. The molecule has 0 aliphatic heterocycles. The van der Waals surface area contributed by atoms with Crippen LogP contribution in [0, 0.1) is 0 Å². The van der Waals surface area contributed by atoms with Crippen LogP contribution in [0.4, 0.5) is 0 Å². The highest BCUT2D eigenvalue weighted by molar-refractivity contribution is 5.86. The summed E-state index contributed by atoms with van der Waals surface area (Å²) in [4.78, 5) is 15.3. The van der Waals surface area contributed by atoms with E-state index in [9.17, 15) is 9.90 Å². The molecule has 0 fully saturated rings. The van der Waals surface area contributed by atoms with E-state index in [4.69, 9.17) is 9.15 Å². The Hall–Kier alpha value is -1.88. The molecule has 5 nitrogen and oxygen atoms in total. The number of ether oxygens (including phenoxy) is 1. The molecule has 0 aromatic carbocycles. The summed E-state index contributed by atoms with van der Waals surface area (Å²) >= 11 is 0. The van der Waals surface area contributed by atoms with Crippen LogP contribution in [0.2, 0.25) is 0 Å².